The molecule has 0 aliphatic rings. The van der Waals surface area contributed by atoms with E-state index < -0.39 is 0 Å². The van der Waals surface area contributed by atoms with Crippen LogP contribution in [0.2, 0.25) is 0 Å². The van der Waals surface area contributed by atoms with Gasteiger partial charge in [-0.05, 0) is 36.8 Å². The molecular formula is C19H15NO4. The molecule has 5 heteroatoms. The molecule has 2 aromatic carbocycles. The van der Waals surface area contributed by atoms with Gasteiger partial charge in [0.1, 0.15) is 17.6 Å². The fourth-order valence-corrected chi connectivity index (χ4v) is 2.30. The molecule has 1 heterocycles. The smallest absolute Gasteiger partial charge is 0.248 e. The van der Waals surface area contributed by atoms with Gasteiger partial charge in [-0.25, -0.2) is 0 Å². The van der Waals surface area contributed by atoms with Gasteiger partial charge in [-0.3, -0.25) is 9.59 Å². The number of aryl methyl sites for hydroxylation is 1. The molecule has 0 unspecified atom stereocenters. The molecule has 2 N–H and O–H groups in total. The van der Waals surface area contributed by atoms with Crippen LogP contribution in [0, 0.1) is 6.92 Å². The Morgan fingerprint density at radius 2 is 2.00 bits per heavy atom. The standard InChI is InChI=1S/C19H15NO4/c1-12-4-2-3-5-16(12)20-18(22)9-6-13-11-24-17-10-14(21)7-8-15(17)19(13)23/h2-11,21H,1H3,(H,20,22)/b9-6+. The Hall–Kier alpha value is -3.34. The van der Waals surface area contributed by atoms with Crippen LogP contribution >= 0.6 is 0 Å². The third kappa shape index (κ3) is 3.20. The first-order chi connectivity index (χ1) is 11.5. The molecule has 0 atom stereocenters. The second-order valence-corrected chi connectivity index (χ2v) is 5.34. The minimum atomic E-state index is -0.338. The number of benzene rings is 2. The Balaban J connectivity index is 1.84. The summed E-state index contributed by atoms with van der Waals surface area (Å²) < 4.78 is 5.33. The number of carbonyl (C=O) groups is 1. The largest absolute Gasteiger partial charge is 0.508 e. The molecule has 0 spiro atoms. The van der Waals surface area contributed by atoms with E-state index in [1.165, 1.54) is 36.6 Å². The highest BCUT2D eigenvalue weighted by Crippen LogP contribution is 2.18. The third-order valence-corrected chi connectivity index (χ3v) is 3.60. The van der Waals surface area contributed by atoms with Crippen molar-refractivity contribution in [2.24, 2.45) is 0 Å². The van der Waals surface area contributed by atoms with E-state index in [9.17, 15) is 14.7 Å². The normalized spacial score (nSPS) is 11.0. The zero-order valence-corrected chi connectivity index (χ0v) is 12.9. The Morgan fingerprint density at radius 3 is 2.79 bits per heavy atom. The summed E-state index contributed by atoms with van der Waals surface area (Å²) in [5.41, 5.74) is 1.95. The quantitative estimate of drug-likeness (QED) is 0.724. The lowest BCUT2D eigenvalue weighted by molar-refractivity contribution is -0.111. The summed E-state index contributed by atoms with van der Waals surface area (Å²) >= 11 is 0. The van der Waals surface area contributed by atoms with Gasteiger partial charge in [-0.1, -0.05) is 18.2 Å². The fourth-order valence-electron chi connectivity index (χ4n) is 2.30. The van der Waals surface area contributed by atoms with Crippen molar-refractivity contribution in [3.05, 3.63) is 76.2 Å². The van der Waals surface area contributed by atoms with Crippen molar-refractivity contribution >= 4 is 28.6 Å². The van der Waals surface area contributed by atoms with Gasteiger partial charge in [0.25, 0.3) is 0 Å². The molecule has 3 rings (SSSR count). The van der Waals surface area contributed by atoms with Crippen molar-refractivity contribution in [1.29, 1.82) is 0 Å². The van der Waals surface area contributed by atoms with Crippen molar-refractivity contribution in [1.82, 2.24) is 0 Å². The summed E-state index contributed by atoms with van der Waals surface area (Å²) in [5.74, 6) is -0.318. The number of phenolic OH excluding ortho intramolecular Hbond substituents is 1. The lowest BCUT2D eigenvalue weighted by Gasteiger charge is -2.05. The molecule has 0 radical (unpaired) electrons. The molecule has 0 saturated heterocycles. The van der Waals surface area contributed by atoms with Crippen LogP contribution < -0.4 is 10.7 Å². The molecule has 24 heavy (non-hydrogen) atoms. The Labute approximate surface area is 137 Å². The maximum Gasteiger partial charge on any atom is 0.248 e. The number of rotatable bonds is 3. The number of fused-ring (bicyclic) bond motifs is 1. The number of para-hydroxylation sites is 1. The van der Waals surface area contributed by atoms with Crippen LogP contribution in [0.15, 0.2) is 64.0 Å². The molecule has 120 valence electrons. The van der Waals surface area contributed by atoms with Gasteiger partial charge in [0.15, 0.2) is 5.43 Å². The summed E-state index contributed by atoms with van der Waals surface area (Å²) in [5, 5.41) is 12.5. The van der Waals surface area contributed by atoms with E-state index in [2.05, 4.69) is 5.32 Å². The average molecular weight is 321 g/mol. The predicted octanol–water partition coefficient (Wildman–Crippen LogP) is 3.46. The monoisotopic (exact) mass is 321 g/mol. The second kappa shape index (κ2) is 6.42. The van der Waals surface area contributed by atoms with Crippen LogP contribution in [-0.4, -0.2) is 11.0 Å². The summed E-state index contributed by atoms with van der Waals surface area (Å²) in [4.78, 5) is 24.3. The van der Waals surface area contributed by atoms with Crippen molar-refractivity contribution in [2.75, 3.05) is 5.32 Å². The maximum absolute atomic E-state index is 12.3. The highest BCUT2D eigenvalue weighted by Gasteiger charge is 2.06. The molecule has 1 amide bonds. The first kappa shape index (κ1) is 15.6. The van der Waals surface area contributed by atoms with E-state index in [1.54, 1.807) is 6.07 Å². The zero-order chi connectivity index (χ0) is 17.1. The minimum absolute atomic E-state index is 0.0200. The lowest BCUT2D eigenvalue weighted by atomic mass is 10.1. The van der Waals surface area contributed by atoms with E-state index in [-0.39, 0.29) is 22.6 Å². The summed E-state index contributed by atoms with van der Waals surface area (Å²) in [6, 6.07) is 11.7. The fraction of sp³-hybridized carbons (Fsp3) is 0.0526. The van der Waals surface area contributed by atoms with Gasteiger partial charge in [-0.15, -0.1) is 0 Å². The van der Waals surface area contributed by atoms with Crippen molar-refractivity contribution in [3.63, 3.8) is 0 Å². The van der Waals surface area contributed by atoms with Crippen LogP contribution in [0.1, 0.15) is 11.1 Å². The van der Waals surface area contributed by atoms with Crippen LogP contribution in [0.4, 0.5) is 5.69 Å². The molecule has 5 nitrogen and oxygen atoms in total. The molecule has 0 bridgehead atoms. The van der Waals surface area contributed by atoms with Gasteiger partial charge in [0.2, 0.25) is 5.91 Å². The molecule has 1 aromatic heterocycles. The number of amides is 1. The van der Waals surface area contributed by atoms with Gasteiger partial charge < -0.3 is 14.8 Å². The number of phenols is 1. The molecule has 3 aromatic rings. The van der Waals surface area contributed by atoms with E-state index in [4.69, 9.17) is 4.42 Å². The average Bonchev–Trinajstić information content (AvgIpc) is 2.56. The summed E-state index contributed by atoms with van der Waals surface area (Å²) in [7, 11) is 0. The van der Waals surface area contributed by atoms with Gasteiger partial charge in [0, 0.05) is 17.8 Å². The molecule has 0 aliphatic carbocycles. The van der Waals surface area contributed by atoms with Crippen molar-refractivity contribution in [3.8, 4) is 5.75 Å². The molecular weight excluding hydrogens is 306 g/mol. The Morgan fingerprint density at radius 1 is 1.21 bits per heavy atom. The SMILES string of the molecule is Cc1ccccc1NC(=O)/C=C/c1coc2cc(O)ccc2c1=O. The topological polar surface area (TPSA) is 79.5 Å². The third-order valence-electron chi connectivity index (χ3n) is 3.60. The van der Waals surface area contributed by atoms with E-state index >= 15 is 0 Å². The molecule has 0 fully saturated rings. The van der Waals surface area contributed by atoms with Crippen LogP contribution in [0.25, 0.3) is 17.0 Å². The van der Waals surface area contributed by atoms with Crippen LogP contribution in [0.5, 0.6) is 5.75 Å². The number of aromatic hydroxyl groups is 1. The zero-order valence-electron chi connectivity index (χ0n) is 12.9. The molecule has 0 aliphatic heterocycles. The van der Waals surface area contributed by atoms with Crippen LogP contribution in [0.3, 0.4) is 0 Å². The predicted molar refractivity (Wildman–Crippen MR) is 93.0 cm³/mol. The first-order valence-corrected chi connectivity index (χ1v) is 7.34. The van der Waals surface area contributed by atoms with Gasteiger partial charge in [0.05, 0.1) is 10.9 Å². The Kier molecular flexibility index (Phi) is 4.16. The number of carbonyl (C=O) groups excluding carboxylic acids is 1. The van der Waals surface area contributed by atoms with E-state index in [1.807, 2.05) is 25.1 Å². The highest BCUT2D eigenvalue weighted by molar-refractivity contribution is 6.02. The van der Waals surface area contributed by atoms with Gasteiger partial charge in [-0.2, -0.15) is 0 Å². The molecule has 0 saturated carbocycles. The van der Waals surface area contributed by atoms with Gasteiger partial charge >= 0.3 is 0 Å². The van der Waals surface area contributed by atoms with Crippen molar-refractivity contribution in [2.45, 2.75) is 6.92 Å². The second-order valence-electron chi connectivity index (χ2n) is 5.34. The number of anilines is 1. The highest BCUT2D eigenvalue weighted by atomic mass is 16.3. The number of hydrogen-bond acceptors (Lipinski definition) is 4. The van der Waals surface area contributed by atoms with E-state index in [0.29, 0.717) is 16.7 Å². The van der Waals surface area contributed by atoms with E-state index in [0.717, 1.165) is 5.56 Å². The van der Waals surface area contributed by atoms with Crippen molar-refractivity contribution < 1.29 is 14.3 Å². The van der Waals surface area contributed by atoms with Crippen LogP contribution in [-0.2, 0) is 4.79 Å². The Bertz CT molecular complexity index is 1000. The summed E-state index contributed by atoms with van der Waals surface area (Å²) in [6.45, 7) is 1.90. The number of hydrogen-bond donors (Lipinski definition) is 2. The summed E-state index contributed by atoms with van der Waals surface area (Å²) in [6.07, 6.45) is 3.96. The first-order valence-electron chi connectivity index (χ1n) is 7.34. The lowest BCUT2D eigenvalue weighted by Crippen LogP contribution is -2.10. The maximum atomic E-state index is 12.3. The minimum Gasteiger partial charge on any atom is -0.508 e. The number of nitrogens with one attached hydrogen (secondary N) is 1.